The lowest BCUT2D eigenvalue weighted by Crippen LogP contribution is -2.23. The van der Waals surface area contributed by atoms with E-state index in [-0.39, 0.29) is 18.1 Å². The van der Waals surface area contributed by atoms with Crippen molar-refractivity contribution in [2.24, 2.45) is 0 Å². The summed E-state index contributed by atoms with van der Waals surface area (Å²) in [5.74, 6) is 2.02. The number of benzene rings is 1. The van der Waals surface area contributed by atoms with Crippen LogP contribution in [0.2, 0.25) is 0 Å². The maximum Gasteiger partial charge on any atom is 0.279 e. The minimum absolute atomic E-state index is 0.115. The summed E-state index contributed by atoms with van der Waals surface area (Å²) in [5.41, 5.74) is 1.68. The molecular formula is C21H25N3O4S. The summed E-state index contributed by atoms with van der Waals surface area (Å²) < 4.78 is 17.0. The van der Waals surface area contributed by atoms with E-state index in [0.717, 1.165) is 28.3 Å². The van der Waals surface area contributed by atoms with Gasteiger partial charge in [0.1, 0.15) is 17.2 Å². The van der Waals surface area contributed by atoms with Crippen molar-refractivity contribution in [2.75, 3.05) is 0 Å². The average Bonchev–Trinajstić information content (AvgIpc) is 3.28. The number of nitrogens with zero attached hydrogens (tertiary/aromatic N) is 2. The van der Waals surface area contributed by atoms with Crippen LogP contribution in [-0.2, 0) is 11.2 Å². The standard InChI is InChI=1S/C21H25N3O4S/c1-6-17-19(24-28-20(17)13(4)23-14(5)25)18-11-22-21(29-18)27-16-9-7-15(8-10-16)26-12(2)3/h7-13H,6H2,1-5H3,(H,23,25). The molecule has 0 saturated heterocycles. The van der Waals surface area contributed by atoms with E-state index in [2.05, 4.69) is 15.5 Å². The van der Waals surface area contributed by atoms with Gasteiger partial charge in [0.05, 0.1) is 23.2 Å². The van der Waals surface area contributed by atoms with Crippen LogP contribution in [-0.4, -0.2) is 22.2 Å². The maximum absolute atomic E-state index is 11.3. The molecule has 3 rings (SSSR count). The molecule has 154 valence electrons. The highest BCUT2D eigenvalue weighted by Gasteiger charge is 2.23. The Bertz CT molecular complexity index is 963. The van der Waals surface area contributed by atoms with Crippen molar-refractivity contribution >= 4 is 17.2 Å². The molecule has 1 amide bonds. The first-order chi connectivity index (χ1) is 13.9. The number of thiazole rings is 1. The number of amides is 1. The number of carbonyl (C=O) groups is 1. The fourth-order valence-electron chi connectivity index (χ4n) is 2.94. The minimum Gasteiger partial charge on any atom is -0.491 e. The molecule has 0 spiro atoms. The predicted molar refractivity (Wildman–Crippen MR) is 112 cm³/mol. The highest BCUT2D eigenvalue weighted by molar-refractivity contribution is 7.16. The topological polar surface area (TPSA) is 86.5 Å². The van der Waals surface area contributed by atoms with Crippen LogP contribution in [0, 0.1) is 0 Å². The Morgan fingerprint density at radius 2 is 1.90 bits per heavy atom. The lowest BCUT2D eigenvalue weighted by molar-refractivity contribution is -0.119. The van der Waals surface area contributed by atoms with Gasteiger partial charge in [-0.05, 0) is 51.5 Å². The first-order valence-electron chi connectivity index (χ1n) is 9.53. The third kappa shape index (κ3) is 5.14. The first kappa shape index (κ1) is 20.9. The van der Waals surface area contributed by atoms with E-state index in [1.807, 2.05) is 52.0 Å². The number of hydrogen-bond donors (Lipinski definition) is 1. The third-order valence-corrected chi connectivity index (χ3v) is 4.99. The van der Waals surface area contributed by atoms with Crippen LogP contribution in [0.3, 0.4) is 0 Å². The fourth-order valence-corrected chi connectivity index (χ4v) is 3.74. The smallest absolute Gasteiger partial charge is 0.279 e. The molecule has 0 radical (unpaired) electrons. The largest absolute Gasteiger partial charge is 0.491 e. The van der Waals surface area contributed by atoms with E-state index in [4.69, 9.17) is 14.0 Å². The summed E-state index contributed by atoms with van der Waals surface area (Å²) in [4.78, 5) is 16.5. The van der Waals surface area contributed by atoms with Crippen LogP contribution < -0.4 is 14.8 Å². The number of hydrogen-bond acceptors (Lipinski definition) is 7. The third-order valence-electron chi connectivity index (χ3n) is 4.10. The van der Waals surface area contributed by atoms with Crippen molar-refractivity contribution < 1.29 is 18.8 Å². The lowest BCUT2D eigenvalue weighted by Gasteiger charge is -2.10. The summed E-state index contributed by atoms with van der Waals surface area (Å²) in [6.07, 6.45) is 2.57. The number of carbonyl (C=O) groups excluding carboxylic acids is 1. The van der Waals surface area contributed by atoms with Gasteiger partial charge < -0.3 is 19.3 Å². The van der Waals surface area contributed by atoms with Crippen molar-refractivity contribution in [3.05, 3.63) is 41.8 Å². The molecular weight excluding hydrogens is 390 g/mol. The van der Waals surface area contributed by atoms with Gasteiger partial charge in [0.2, 0.25) is 5.91 Å². The highest BCUT2D eigenvalue weighted by atomic mass is 32.1. The Morgan fingerprint density at radius 3 is 2.52 bits per heavy atom. The van der Waals surface area contributed by atoms with Crippen LogP contribution >= 0.6 is 11.3 Å². The molecule has 0 aliphatic heterocycles. The molecule has 29 heavy (non-hydrogen) atoms. The first-order valence-corrected chi connectivity index (χ1v) is 10.3. The van der Waals surface area contributed by atoms with Crippen molar-refractivity contribution in [3.8, 4) is 27.3 Å². The summed E-state index contributed by atoms with van der Waals surface area (Å²) in [5, 5.41) is 7.56. The second-order valence-corrected chi connectivity index (χ2v) is 7.87. The van der Waals surface area contributed by atoms with E-state index in [1.54, 1.807) is 6.20 Å². The Morgan fingerprint density at radius 1 is 1.21 bits per heavy atom. The molecule has 8 heteroatoms. The van der Waals surface area contributed by atoms with Crippen molar-refractivity contribution in [3.63, 3.8) is 0 Å². The molecule has 1 aromatic carbocycles. The van der Waals surface area contributed by atoms with E-state index < -0.39 is 0 Å². The van der Waals surface area contributed by atoms with Crippen molar-refractivity contribution in [1.29, 1.82) is 0 Å². The molecule has 1 atom stereocenters. The van der Waals surface area contributed by atoms with E-state index >= 15 is 0 Å². The molecule has 3 aromatic rings. The minimum atomic E-state index is -0.251. The van der Waals surface area contributed by atoms with E-state index in [9.17, 15) is 4.79 Å². The summed E-state index contributed by atoms with van der Waals surface area (Å²) >= 11 is 1.39. The zero-order chi connectivity index (χ0) is 21.0. The molecule has 2 heterocycles. The van der Waals surface area contributed by atoms with Crippen LogP contribution in [0.15, 0.2) is 35.0 Å². The molecule has 0 aliphatic carbocycles. The van der Waals surface area contributed by atoms with Gasteiger partial charge in [-0.25, -0.2) is 4.98 Å². The summed E-state index contributed by atoms with van der Waals surface area (Å²) in [7, 11) is 0. The molecule has 1 N–H and O–H groups in total. The Labute approximate surface area is 174 Å². The Balaban J connectivity index is 1.76. The monoisotopic (exact) mass is 415 g/mol. The Kier molecular flexibility index (Phi) is 6.53. The molecule has 0 aliphatic rings. The molecule has 1 unspecified atom stereocenters. The molecule has 7 nitrogen and oxygen atoms in total. The van der Waals surface area contributed by atoms with Crippen LogP contribution in [0.4, 0.5) is 0 Å². The van der Waals surface area contributed by atoms with Gasteiger partial charge in [0, 0.05) is 12.5 Å². The van der Waals surface area contributed by atoms with Crippen LogP contribution in [0.25, 0.3) is 10.6 Å². The van der Waals surface area contributed by atoms with E-state index in [0.29, 0.717) is 16.7 Å². The molecule has 2 aromatic heterocycles. The number of ether oxygens (including phenoxy) is 2. The summed E-state index contributed by atoms with van der Waals surface area (Å²) in [6, 6.07) is 7.18. The molecule has 0 fully saturated rings. The van der Waals surface area contributed by atoms with Gasteiger partial charge in [-0.15, -0.1) is 0 Å². The van der Waals surface area contributed by atoms with Gasteiger partial charge in [0.25, 0.3) is 5.19 Å². The quantitative estimate of drug-likeness (QED) is 0.548. The fraction of sp³-hybridized carbons (Fsp3) is 0.381. The van der Waals surface area contributed by atoms with Crippen LogP contribution in [0.1, 0.15) is 52.0 Å². The average molecular weight is 416 g/mol. The van der Waals surface area contributed by atoms with Crippen molar-refractivity contribution in [1.82, 2.24) is 15.5 Å². The summed E-state index contributed by atoms with van der Waals surface area (Å²) in [6.45, 7) is 9.35. The number of nitrogens with one attached hydrogen (secondary N) is 1. The van der Waals surface area contributed by atoms with Gasteiger partial charge in [-0.1, -0.05) is 23.4 Å². The maximum atomic E-state index is 11.3. The normalized spacial score (nSPS) is 12.1. The van der Waals surface area contributed by atoms with Gasteiger partial charge >= 0.3 is 0 Å². The highest BCUT2D eigenvalue weighted by Crippen LogP contribution is 2.36. The second-order valence-electron chi connectivity index (χ2n) is 6.88. The zero-order valence-electron chi connectivity index (χ0n) is 17.2. The Hall–Kier alpha value is -2.87. The zero-order valence-corrected chi connectivity index (χ0v) is 18.0. The van der Waals surface area contributed by atoms with Crippen LogP contribution in [0.5, 0.6) is 16.7 Å². The SMILES string of the molecule is CCc1c(-c2cnc(Oc3ccc(OC(C)C)cc3)s2)noc1C(C)NC(C)=O. The van der Waals surface area contributed by atoms with Gasteiger partial charge in [0.15, 0.2) is 5.76 Å². The lowest BCUT2D eigenvalue weighted by atomic mass is 10.1. The second kappa shape index (κ2) is 9.09. The van der Waals surface area contributed by atoms with Crippen molar-refractivity contribution in [2.45, 2.75) is 53.2 Å². The predicted octanol–water partition coefficient (Wildman–Crippen LogP) is 5.14. The van der Waals surface area contributed by atoms with Gasteiger partial charge in [-0.2, -0.15) is 0 Å². The van der Waals surface area contributed by atoms with E-state index in [1.165, 1.54) is 18.3 Å². The molecule has 0 saturated carbocycles. The molecule has 0 bridgehead atoms. The van der Waals surface area contributed by atoms with Gasteiger partial charge in [-0.3, -0.25) is 4.79 Å². The number of aromatic nitrogens is 2. The number of rotatable bonds is 8.